The Labute approximate surface area is 113 Å². The lowest BCUT2D eigenvalue weighted by atomic mass is 10.1. The number of rotatable bonds is 4. The van der Waals surface area contributed by atoms with Gasteiger partial charge in [0.2, 0.25) is 0 Å². The fourth-order valence-corrected chi connectivity index (χ4v) is 2.56. The van der Waals surface area contributed by atoms with Gasteiger partial charge < -0.3 is 10.2 Å². The Kier molecular flexibility index (Phi) is 4.46. The third-order valence-electron chi connectivity index (χ3n) is 3.50. The van der Waals surface area contributed by atoms with E-state index in [1.54, 1.807) is 6.07 Å². The highest BCUT2D eigenvalue weighted by atomic mass is 35.5. The first-order chi connectivity index (χ1) is 8.72. The highest BCUT2D eigenvalue weighted by Gasteiger charge is 2.20. The topological polar surface area (TPSA) is 39.1 Å². The van der Waals surface area contributed by atoms with E-state index in [0.29, 0.717) is 16.5 Å². The number of nitrogens with one attached hydrogen (secondary N) is 1. The summed E-state index contributed by atoms with van der Waals surface area (Å²) in [4.78, 5) is 2.46. The third-order valence-corrected chi connectivity index (χ3v) is 3.74. The first-order valence-corrected chi connectivity index (χ1v) is 6.76. The molecule has 1 saturated heterocycles. The average molecular weight is 264 g/mol. The molecule has 1 aliphatic rings. The van der Waals surface area contributed by atoms with Crippen LogP contribution in [-0.4, -0.2) is 31.1 Å². The lowest BCUT2D eigenvalue weighted by Crippen LogP contribution is -2.22. The van der Waals surface area contributed by atoms with Crippen molar-refractivity contribution in [3.8, 4) is 6.07 Å². The van der Waals surface area contributed by atoms with Crippen LogP contribution in [0.15, 0.2) is 18.2 Å². The molecular formula is C14H18ClN3. The van der Waals surface area contributed by atoms with Crippen molar-refractivity contribution in [3.05, 3.63) is 28.8 Å². The van der Waals surface area contributed by atoms with E-state index in [-0.39, 0.29) is 0 Å². The summed E-state index contributed by atoms with van der Waals surface area (Å²) in [6.45, 7) is 6.59. The molecule has 0 aromatic heterocycles. The van der Waals surface area contributed by atoms with Gasteiger partial charge in [0.15, 0.2) is 0 Å². The zero-order chi connectivity index (χ0) is 13.0. The first kappa shape index (κ1) is 13.2. The Morgan fingerprint density at radius 3 is 3.06 bits per heavy atom. The van der Waals surface area contributed by atoms with E-state index in [9.17, 15) is 0 Å². The maximum absolute atomic E-state index is 9.06. The molecule has 0 radical (unpaired) electrons. The van der Waals surface area contributed by atoms with Crippen LogP contribution in [-0.2, 0) is 0 Å². The minimum atomic E-state index is 0.607. The van der Waals surface area contributed by atoms with Gasteiger partial charge in [-0.3, -0.25) is 0 Å². The molecule has 0 bridgehead atoms. The van der Waals surface area contributed by atoms with Crippen molar-refractivity contribution in [3.63, 3.8) is 0 Å². The summed E-state index contributed by atoms with van der Waals surface area (Å²) >= 11 is 5.88. The normalized spacial score (nSPS) is 19.7. The molecule has 1 aromatic carbocycles. The Balaban J connectivity index is 1.93. The number of anilines is 1. The van der Waals surface area contributed by atoms with Gasteiger partial charge >= 0.3 is 0 Å². The first-order valence-electron chi connectivity index (χ1n) is 6.38. The van der Waals surface area contributed by atoms with Crippen molar-refractivity contribution in [1.82, 2.24) is 4.90 Å². The van der Waals surface area contributed by atoms with Gasteiger partial charge in [0.1, 0.15) is 6.07 Å². The van der Waals surface area contributed by atoms with Crippen molar-refractivity contribution in [2.24, 2.45) is 5.92 Å². The minimum Gasteiger partial charge on any atom is -0.384 e. The summed E-state index contributed by atoms with van der Waals surface area (Å²) in [5, 5.41) is 13.0. The maximum Gasteiger partial charge on any atom is 0.101 e. The van der Waals surface area contributed by atoms with Gasteiger partial charge in [0.25, 0.3) is 0 Å². The van der Waals surface area contributed by atoms with Crippen molar-refractivity contribution < 1.29 is 0 Å². The maximum atomic E-state index is 9.06. The van der Waals surface area contributed by atoms with Gasteiger partial charge in [-0.25, -0.2) is 0 Å². The van der Waals surface area contributed by atoms with E-state index >= 15 is 0 Å². The summed E-state index contributed by atoms with van der Waals surface area (Å²) in [6.07, 6.45) is 1.23. The monoisotopic (exact) mass is 263 g/mol. The van der Waals surface area contributed by atoms with Crippen LogP contribution in [0.1, 0.15) is 18.9 Å². The lowest BCUT2D eigenvalue weighted by Gasteiger charge is -2.15. The number of nitrogens with zero attached hydrogens (tertiary/aromatic N) is 2. The molecule has 18 heavy (non-hydrogen) atoms. The van der Waals surface area contributed by atoms with Crippen molar-refractivity contribution >= 4 is 17.3 Å². The molecule has 1 aromatic rings. The van der Waals surface area contributed by atoms with Gasteiger partial charge in [0, 0.05) is 18.1 Å². The highest BCUT2D eigenvalue weighted by Crippen LogP contribution is 2.22. The van der Waals surface area contributed by atoms with Crippen LogP contribution in [0.3, 0.4) is 0 Å². The Bertz CT molecular complexity index is 453. The fourth-order valence-electron chi connectivity index (χ4n) is 2.38. The number of likely N-dealkylation sites (tertiary alicyclic amines) is 1. The second-order valence-electron chi connectivity index (χ2n) is 4.73. The zero-order valence-electron chi connectivity index (χ0n) is 10.6. The van der Waals surface area contributed by atoms with Crippen LogP contribution < -0.4 is 5.32 Å². The second kappa shape index (κ2) is 6.08. The summed E-state index contributed by atoms with van der Waals surface area (Å²) in [5.41, 5.74) is 1.50. The van der Waals surface area contributed by atoms with Crippen LogP contribution in [0.2, 0.25) is 5.02 Å². The smallest absolute Gasteiger partial charge is 0.101 e. The molecule has 0 amide bonds. The number of hydrogen-bond acceptors (Lipinski definition) is 3. The quantitative estimate of drug-likeness (QED) is 0.908. The largest absolute Gasteiger partial charge is 0.384 e. The lowest BCUT2D eigenvalue weighted by molar-refractivity contribution is 0.345. The summed E-state index contributed by atoms with van der Waals surface area (Å²) in [6, 6.07) is 7.58. The number of hydrogen-bond donors (Lipinski definition) is 1. The van der Waals surface area contributed by atoms with E-state index in [0.717, 1.165) is 25.3 Å². The number of nitriles is 1. The average Bonchev–Trinajstić information content (AvgIpc) is 2.85. The molecule has 0 aliphatic carbocycles. The molecule has 1 heterocycles. The molecule has 4 heteroatoms. The molecule has 0 spiro atoms. The zero-order valence-corrected chi connectivity index (χ0v) is 11.4. The second-order valence-corrected chi connectivity index (χ2v) is 5.17. The summed E-state index contributed by atoms with van der Waals surface area (Å²) in [5.74, 6) is 0.673. The van der Waals surface area contributed by atoms with E-state index in [1.165, 1.54) is 13.0 Å². The molecule has 3 nitrogen and oxygen atoms in total. The standard InChI is InChI=1S/C14H18ClN3/c1-2-18-6-5-11(10-18)9-17-14-4-3-13(15)7-12(14)8-16/h3-4,7,11,17H,2,5-6,9-10H2,1H3. The van der Waals surface area contributed by atoms with Crippen molar-refractivity contribution in [2.75, 3.05) is 31.5 Å². The van der Waals surface area contributed by atoms with Gasteiger partial charge in [0.05, 0.1) is 11.3 Å². The number of halogens is 1. The molecule has 0 saturated carbocycles. The van der Waals surface area contributed by atoms with Crippen LogP contribution in [0.4, 0.5) is 5.69 Å². The predicted molar refractivity (Wildman–Crippen MR) is 74.9 cm³/mol. The minimum absolute atomic E-state index is 0.607. The Hall–Kier alpha value is -1.24. The van der Waals surface area contributed by atoms with Gasteiger partial charge in [-0.1, -0.05) is 18.5 Å². The molecular weight excluding hydrogens is 246 g/mol. The van der Waals surface area contributed by atoms with Crippen molar-refractivity contribution in [1.29, 1.82) is 5.26 Å². The Morgan fingerprint density at radius 2 is 2.39 bits per heavy atom. The molecule has 1 N–H and O–H groups in total. The van der Waals surface area contributed by atoms with E-state index < -0.39 is 0 Å². The predicted octanol–water partition coefficient (Wildman–Crippen LogP) is 2.97. The molecule has 1 atom stereocenters. The van der Waals surface area contributed by atoms with Gasteiger partial charge in [-0.05, 0) is 43.6 Å². The molecule has 1 aliphatic heterocycles. The molecule has 1 unspecified atom stereocenters. The summed E-state index contributed by atoms with van der Waals surface area (Å²) in [7, 11) is 0. The van der Waals surface area contributed by atoms with Crippen LogP contribution in [0.5, 0.6) is 0 Å². The van der Waals surface area contributed by atoms with Crippen LogP contribution in [0.25, 0.3) is 0 Å². The summed E-state index contributed by atoms with van der Waals surface area (Å²) < 4.78 is 0. The van der Waals surface area contributed by atoms with E-state index in [4.69, 9.17) is 16.9 Å². The van der Waals surface area contributed by atoms with E-state index in [1.807, 2.05) is 12.1 Å². The Morgan fingerprint density at radius 1 is 1.56 bits per heavy atom. The van der Waals surface area contributed by atoms with E-state index in [2.05, 4.69) is 23.2 Å². The molecule has 2 rings (SSSR count). The number of benzene rings is 1. The van der Waals surface area contributed by atoms with Gasteiger partial charge in [-0.2, -0.15) is 5.26 Å². The molecule has 96 valence electrons. The highest BCUT2D eigenvalue weighted by molar-refractivity contribution is 6.30. The van der Waals surface area contributed by atoms with Crippen molar-refractivity contribution in [2.45, 2.75) is 13.3 Å². The third kappa shape index (κ3) is 3.16. The van der Waals surface area contributed by atoms with Crippen LogP contribution in [0, 0.1) is 17.2 Å². The molecule has 1 fully saturated rings. The van der Waals surface area contributed by atoms with Gasteiger partial charge in [-0.15, -0.1) is 0 Å². The SMILES string of the molecule is CCN1CCC(CNc2ccc(Cl)cc2C#N)C1. The fraction of sp³-hybridized carbons (Fsp3) is 0.500. The van der Waals surface area contributed by atoms with Crippen LogP contribution >= 0.6 is 11.6 Å².